The zero-order chi connectivity index (χ0) is 16.3. The van der Waals surface area contributed by atoms with Crippen molar-refractivity contribution in [1.29, 1.82) is 0 Å². The molecule has 0 spiro atoms. The van der Waals surface area contributed by atoms with Crippen LogP contribution in [0.2, 0.25) is 0 Å². The fourth-order valence-electron chi connectivity index (χ4n) is 2.55. The summed E-state index contributed by atoms with van der Waals surface area (Å²) in [7, 11) is -3.57. The lowest BCUT2D eigenvalue weighted by Gasteiger charge is -2.24. The SMILES string of the molecule is CCOc1ccc(S(=O)(=O)N2CCCSc3ccccc32)cc1. The topological polar surface area (TPSA) is 46.6 Å². The summed E-state index contributed by atoms with van der Waals surface area (Å²) < 4.78 is 33.0. The van der Waals surface area contributed by atoms with Gasteiger partial charge in [-0.15, -0.1) is 11.8 Å². The molecule has 1 aliphatic heterocycles. The van der Waals surface area contributed by atoms with E-state index in [1.165, 1.54) is 4.31 Å². The lowest BCUT2D eigenvalue weighted by Crippen LogP contribution is -2.31. The van der Waals surface area contributed by atoms with Crippen molar-refractivity contribution in [1.82, 2.24) is 0 Å². The number of fused-ring (bicyclic) bond motifs is 1. The molecule has 0 radical (unpaired) electrons. The number of benzene rings is 2. The summed E-state index contributed by atoms with van der Waals surface area (Å²) in [5.74, 6) is 1.60. The van der Waals surface area contributed by atoms with Gasteiger partial charge in [0.15, 0.2) is 0 Å². The molecule has 0 N–H and O–H groups in total. The molecule has 2 aromatic carbocycles. The monoisotopic (exact) mass is 349 g/mol. The summed E-state index contributed by atoms with van der Waals surface area (Å²) >= 11 is 1.71. The van der Waals surface area contributed by atoms with Gasteiger partial charge in [0.2, 0.25) is 0 Å². The Labute approximate surface area is 141 Å². The number of para-hydroxylation sites is 1. The highest BCUT2D eigenvalue weighted by molar-refractivity contribution is 7.99. The standard InChI is InChI=1S/C17H19NO3S2/c1-2-21-14-8-10-15(11-9-14)23(19,20)18-12-5-13-22-17-7-4-3-6-16(17)18/h3-4,6-11H,2,5,12-13H2,1H3. The van der Waals surface area contributed by atoms with Gasteiger partial charge < -0.3 is 4.74 Å². The van der Waals surface area contributed by atoms with Gasteiger partial charge in [-0.05, 0) is 55.5 Å². The van der Waals surface area contributed by atoms with Gasteiger partial charge in [0.1, 0.15) is 5.75 Å². The van der Waals surface area contributed by atoms with Crippen LogP contribution >= 0.6 is 11.8 Å². The van der Waals surface area contributed by atoms with E-state index in [0.29, 0.717) is 23.8 Å². The van der Waals surface area contributed by atoms with Crippen LogP contribution in [0.5, 0.6) is 5.75 Å². The highest BCUT2D eigenvalue weighted by Gasteiger charge is 2.28. The Morgan fingerprint density at radius 2 is 1.87 bits per heavy atom. The van der Waals surface area contributed by atoms with Gasteiger partial charge in [-0.1, -0.05) is 12.1 Å². The van der Waals surface area contributed by atoms with Crippen molar-refractivity contribution in [3.05, 3.63) is 48.5 Å². The third-order valence-corrected chi connectivity index (χ3v) is 6.60. The summed E-state index contributed by atoms with van der Waals surface area (Å²) in [6.45, 7) is 2.96. The number of anilines is 1. The average Bonchev–Trinajstić information content (AvgIpc) is 2.78. The molecule has 1 heterocycles. The summed E-state index contributed by atoms with van der Waals surface area (Å²) in [5, 5.41) is 0. The maximum Gasteiger partial charge on any atom is 0.264 e. The van der Waals surface area contributed by atoms with Crippen LogP contribution in [-0.4, -0.2) is 27.3 Å². The van der Waals surface area contributed by atoms with E-state index in [2.05, 4.69) is 0 Å². The van der Waals surface area contributed by atoms with Crippen molar-refractivity contribution >= 4 is 27.5 Å². The number of rotatable bonds is 4. The van der Waals surface area contributed by atoms with E-state index < -0.39 is 10.0 Å². The second-order valence-corrected chi connectivity index (χ2v) is 8.15. The zero-order valence-electron chi connectivity index (χ0n) is 12.9. The first-order chi connectivity index (χ1) is 11.1. The van der Waals surface area contributed by atoms with Crippen LogP contribution in [0.15, 0.2) is 58.3 Å². The van der Waals surface area contributed by atoms with Crippen LogP contribution in [-0.2, 0) is 10.0 Å². The minimum Gasteiger partial charge on any atom is -0.494 e. The maximum atomic E-state index is 13.0. The predicted octanol–water partition coefficient (Wildman–Crippen LogP) is 3.78. The maximum absolute atomic E-state index is 13.0. The molecule has 0 aliphatic carbocycles. The molecule has 0 aromatic heterocycles. The second kappa shape index (κ2) is 6.84. The number of ether oxygens (including phenoxy) is 1. The summed E-state index contributed by atoms with van der Waals surface area (Å²) in [6.07, 6.45) is 0.829. The largest absolute Gasteiger partial charge is 0.494 e. The fraction of sp³-hybridized carbons (Fsp3) is 0.294. The Morgan fingerprint density at radius 3 is 2.61 bits per heavy atom. The summed E-state index contributed by atoms with van der Waals surface area (Å²) in [6, 6.07) is 14.3. The van der Waals surface area contributed by atoms with Crippen molar-refractivity contribution in [2.45, 2.75) is 23.1 Å². The summed E-state index contributed by atoms with van der Waals surface area (Å²) in [4.78, 5) is 1.31. The van der Waals surface area contributed by atoms with Gasteiger partial charge in [-0.25, -0.2) is 8.42 Å². The third-order valence-electron chi connectivity index (χ3n) is 3.62. The Bertz CT molecular complexity index is 773. The van der Waals surface area contributed by atoms with Crippen LogP contribution in [0.4, 0.5) is 5.69 Å². The fourth-order valence-corrected chi connectivity index (χ4v) is 5.12. The molecule has 1 aliphatic rings. The van der Waals surface area contributed by atoms with Crippen LogP contribution < -0.4 is 9.04 Å². The second-order valence-electron chi connectivity index (χ2n) is 5.15. The zero-order valence-corrected chi connectivity index (χ0v) is 14.6. The number of nitrogens with zero attached hydrogens (tertiary/aromatic N) is 1. The molecule has 0 saturated carbocycles. The first kappa shape index (κ1) is 16.2. The Balaban J connectivity index is 1.99. The lowest BCUT2D eigenvalue weighted by molar-refractivity contribution is 0.340. The van der Waals surface area contributed by atoms with Gasteiger partial charge in [0.05, 0.1) is 17.2 Å². The van der Waals surface area contributed by atoms with Crippen molar-refractivity contribution in [2.75, 3.05) is 23.2 Å². The molecule has 23 heavy (non-hydrogen) atoms. The molecule has 0 unspecified atom stereocenters. The molecule has 4 nitrogen and oxygen atoms in total. The van der Waals surface area contributed by atoms with Gasteiger partial charge in [0.25, 0.3) is 10.0 Å². The quantitative estimate of drug-likeness (QED) is 0.843. The van der Waals surface area contributed by atoms with Gasteiger partial charge >= 0.3 is 0 Å². The van der Waals surface area contributed by atoms with E-state index in [-0.39, 0.29) is 0 Å². The van der Waals surface area contributed by atoms with Crippen molar-refractivity contribution in [3.8, 4) is 5.75 Å². The molecule has 0 amide bonds. The van der Waals surface area contributed by atoms with Gasteiger partial charge in [0, 0.05) is 11.4 Å². The molecule has 0 saturated heterocycles. The molecule has 2 aromatic rings. The molecule has 0 fully saturated rings. The van der Waals surface area contributed by atoms with Crippen LogP contribution in [0, 0.1) is 0 Å². The summed E-state index contributed by atoms with van der Waals surface area (Å²) in [5.41, 5.74) is 0.767. The molecule has 3 rings (SSSR count). The van der Waals surface area contributed by atoms with Crippen LogP contribution in [0.3, 0.4) is 0 Å². The molecule has 0 bridgehead atoms. The van der Waals surface area contributed by atoms with E-state index in [1.807, 2.05) is 31.2 Å². The van der Waals surface area contributed by atoms with E-state index in [0.717, 1.165) is 22.8 Å². The molecule has 0 atom stereocenters. The van der Waals surface area contributed by atoms with Crippen molar-refractivity contribution in [2.24, 2.45) is 0 Å². The van der Waals surface area contributed by atoms with Crippen LogP contribution in [0.25, 0.3) is 0 Å². The van der Waals surface area contributed by atoms with E-state index in [1.54, 1.807) is 36.0 Å². The number of hydrogen-bond acceptors (Lipinski definition) is 4. The molecule has 6 heteroatoms. The molecular weight excluding hydrogens is 330 g/mol. The van der Waals surface area contributed by atoms with Crippen molar-refractivity contribution in [3.63, 3.8) is 0 Å². The highest BCUT2D eigenvalue weighted by Crippen LogP contribution is 2.36. The number of sulfonamides is 1. The minimum atomic E-state index is -3.57. The predicted molar refractivity (Wildman–Crippen MR) is 93.9 cm³/mol. The Morgan fingerprint density at radius 1 is 1.13 bits per heavy atom. The highest BCUT2D eigenvalue weighted by atomic mass is 32.2. The van der Waals surface area contributed by atoms with Crippen molar-refractivity contribution < 1.29 is 13.2 Å². The minimum absolute atomic E-state index is 0.294. The Kier molecular flexibility index (Phi) is 4.82. The molecular formula is C17H19NO3S2. The van der Waals surface area contributed by atoms with E-state index >= 15 is 0 Å². The van der Waals surface area contributed by atoms with E-state index in [9.17, 15) is 8.42 Å². The normalized spacial score (nSPS) is 14.9. The average molecular weight is 349 g/mol. The Hall–Kier alpha value is -1.66. The third kappa shape index (κ3) is 3.33. The smallest absolute Gasteiger partial charge is 0.264 e. The first-order valence-corrected chi connectivity index (χ1v) is 10.0. The van der Waals surface area contributed by atoms with Gasteiger partial charge in [-0.3, -0.25) is 4.31 Å². The number of thioether (sulfide) groups is 1. The van der Waals surface area contributed by atoms with Gasteiger partial charge in [-0.2, -0.15) is 0 Å². The first-order valence-electron chi connectivity index (χ1n) is 7.60. The number of hydrogen-bond donors (Lipinski definition) is 0. The van der Waals surface area contributed by atoms with Crippen LogP contribution in [0.1, 0.15) is 13.3 Å². The lowest BCUT2D eigenvalue weighted by atomic mass is 10.3. The molecule has 122 valence electrons. The van der Waals surface area contributed by atoms with E-state index in [4.69, 9.17) is 4.74 Å².